The maximum absolute atomic E-state index is 12.2. The predicted molar refractivity (Wildman–Crippen MR) is 80.8 cm³/mol. The van der Waals surface area contributed by atoms with Crippen molar-refractivity contribution in [2.75, 3.05) is 13.1 Å². The second-order valence-corrected chi connectivity index (χ2v) is 5.76. The fourth-order valence-corrected chi connectivity index (χ4v) is 2.93. The van der Waals surface area contributed by atoms with Gasteiger partial charge in [-0.05, 0) is 57.7 Å². The summed E-state index contributed by atoms with van der Waals surface area (Å²) in [7, 11) is 0. The van der Waals surface area contributed by atoms with Gasteiger partial charge in [0.15, 0.2) is 0 Å². The zero-order valence-corrected chi connectivity index (χ0v) is 12.8. The topological polar surface area (TPSA) is 46.9 Å². The first-order valence-electron chi connectivity index (χ1n) is 8.01. The van der Waals surface area contributed by atoms with Gasteiger partial charge in [0.2, 0.25) is 0 Å². The second-order valence-electron chi connectivity index (χ2n) is 5.76. The summed E-state index contributed by atoms with van der Waals surface area (Å²) in [6.45, 7) is 7.24. The van der Waals surface area contributed by atoms with Crippen LogP contribution < -0.4 is 5.32 Å². The molecule has 112 valence electrons. The van der Waals surface area contributed by atoms with Gasteiger partial charge >= 0.3 is 0 Å². The number of nitrogens with zero attached hydrogens (tertiary/aromatic N) is 2. The lowest BCUT2D eigenvalue weighted by Crippen LogP contribution is -2.30. The molecule has 1 fully saturated rings. The van der Waals surface area contributed by atoms with Crippen LogP contribution in [0.2, 0.25) is 0 Å². The van der Waals surface area contributed by atoms with Crippen LogP contribution in [0.1, 0.15) is 50.9 Å². The molecule has 0 amide bonds. The van der Waals surface area contributed by atoms with E-state index in [9.17, 15) is 4.79 Å². The summed E-state index contributed by atoms with van der Waals surface area (Å²) in [4.78, 5) is 12.2. The van der Waals surface area contributed by atoms with Gasteiger partial charge in [-0.2, -0.15) is 5.10 Å². The third-order valence-electron chi connectivity index (χ3n) is 4.18. The average Bonchev–Trinajstić information content (AvgIpc) is 2.88. The van der Waals surface area contributed by atoms with Crippen LogP contribution in [0.4, 0.5) is 0 Å². The Hall–Kier alpha value is -1.16. The largest absolute Gasteiger partial charge is 0.316 e. The molecule has 1 aliphatic heterocycles. The molecule has 0 spiro atoms. The summed E-state index contributed by atoms with van der Waals surface area (Å²) in [5.74, 6) is 1.04. The lowest BCUT2D eigenvalue weighted by atomic mass is 9.93. The molecule has 0 bridgehead atoms. The Labute approximate surface area is 121 Å². The molecule has 1 saturated heterocycles. The quantitative estimate of drug-likeness (QED) is 0.832. The molecule has 1 atom stereocenters. The Bertz CT molecular complexity index is 433. The molecule has 1 unspecified atom stereocenters. The molecule has 0 aromatic carbocycles. The van der Waals surface area contributed by atoms with Crippen molar-refractivity contribution in [3.8, 4) is 0 Å². The van der Waals surface area contributed by atoms with Gasteiger partial charge in [0.1, 0.15) is 5.78 Å². The van der Waals surface area contributed by atoms with E-state index in [0.29, 0.717) is 24.5 Å². The summed E-state index contributed by atoms with van der Waals surface area (Å²) >= 11 is 0. The van der Waals surface area contributed by atoms with Gasteiger partial charge in [-0.1, -0.05) is 6.92 Å². The van der Waals surface area contributed by atoms with Gasteiger partial charge in [0.25, 0.3) is 0 Å². The van der Waals surface area contributed by atoms with Crippen molar-refractivity contribution in [3.05, 3.63) is 17.5 Å². The fraction of sp³-hybridized carbons (Fsp3) is 0.750. The van der Waals surface area contributed by atoms with Crippen LogP contribution in [0.25, 0.3) is 0 Å². The molecule has 1 aromatic heterocycles. The van der Waals surface area contributed by atoms with Crippen molar-refractivity contribution in [2.45, 2.75) is 58.9 Å². The van der Waals surface area contributed by atoms with Crippen molar-refractivity contribution in [1.82, 2.24) is 15.1 Å². The minimum Gasteiger partial charge on any atom is -0.316 e. The van der Waals surface area contributed by atoms with Crippen LogP contribution in [0.5, 0.6) is 0 Å². The fourth-order valence-electron chi connectivity index (χ4n) is 2.93. The SMILES string of the molecule is CCc1cc(CC(=O)CCC2CCCNC2)n(CC)n1. The van der Waals surface area contributed by atoms with Crippen LogP contribution in [0.3, 0.4) is 0 Å². The monoisotopic (exact) mass is 277 g/mol. The number of aromatic nitrogens is 2. The average molecular weight is 277 g/mol. The Morgan fingerprint density at radius 3 is 3.00 bits per heavy atom. The maximum atomic E-state index is 12.2. The van der Waals surface area contributed by atoms with Gasteiger partial charge in [-0.3, -0.25) is 9.48 Å². The second kappa shape index (κ2) is 7.58. The minimum atomic E-state index is 0.354. The van der Waals surface area contributed by atoms with E-state index in [4.69, 9.17) is 0 Å². The van der Waals surface area contributed by atoms with Crippen LogP contribution in [0, 0.1) is 5.92 Å². The number of nitrogens with one attached hydrogen (secondary N) is 1. The third kappa shape index (κ3) is 4.17. The molecule has 1 aliphatic rings. The number of ketones is 1. The van der Waals surface area contributed by atoms with E-state index in [1.807, 2.05) is 4.68 Å². The molecule has 0 saturated carbocycles. The van der Waals surface area contributed by atoms with Crippen molar-refractivity contribution in [3.63, 3.8) is 0 Å². The normalized spacial score (nSPS) is 19.2. The smallest absolute Gasteiger partial charge is 0.138 e. The van der Waals surface area contributed by atoms with Crippen LogP contribution in [-0.2, 0) is 24.2 Å². The van der Waals surface area contributed by atoms with Gasteiger partial charge in [0.05, 0.1) is 5.69 Å². The molecule has 4 nitrogen and oxygen atoms in total. The van der Waals surface area contributed by atoms with Crippen molar-refractivity contribution >= 4 is 5.78 Å². The highest BCUT2D eigenvalue weighted by molar-refractivity contribution is 5.80. The molecule has 2 heterocycles. The summed E-state index contributed by atoms with van der Waals surface area (Å²) < 4.78 is 1.97. The summed E-state index contributed by atoms with van der Waals surface area (Å²) in [5.41, 5.74) is 2.17. The van der Waals surface area contributed by atoms with Crippen molar-refractivity contribution in [2.24, 2.45) is 5.92 Å². The van der Waals surface area contributed by atoms with Crippen molar-refractivity contribution < 1.29 is 4.79 Å². The van der Waals surface area contributed by atoms with E-state index in [2.05, 4.69) is 30.3 Å². The van der Waals surface area contributed by atoms with E-state index in [1.54, 1.807) is 0 Å². The summed E-state index contributed by atoms with van der Waals surface area (Å²) in [6.07, 6.45) is 5.74. The van der Waals surface area contributed by atoms with Crippen LogP contribution in [-0.4, -0.2) is 28.7 Å². The molecule has 2 rings (SSSR count). The number of carbonyl (C=O) groups excluding carboxylic acids is 1. The number of rotatable bonds is 7. The summed E-state index contributed by atoms with van der Waals surface area (Å²) in [6, 6.07) is 2.09. The molecule has 1 N–H and O–H groups in total. The van der Waals surface area contributed by atoms with Gasteiger partial charge in [-0.15, -0.1) is 0 Å². The van der Waals surface area contributed by atoms with E-state index in [0.717, 1.165) is 43.9 Å². The summed E-state index contributed by atoms with van der Waals surface area (Å²) in [5, 5.41) is 7.92. The zero-order chi connectivity index (χ0) is 14.4. The molecular weight excluding hydrogens is 250 g/mol. The zero-order valence-electron chi connectivity index (χ0n) is 12.8. The molecular formula is C16H27N3O. The minimum absolute atomic E-state index is 0.354. The first kappa shape index (κ1) is 15.2. The first-order chi connectivity index (χ1) is 9.72. The third-order valence-corrected chi connectivity index (χ3v) is 4.18. The number of carbonyl (C=O) groups is 1. The highest BCUT2D eigenvalue weighted by Gasteiger charge is 2.16. The Morgan fingerprint density at radius 1 is 1.50 bits per heavy atom. The molecule has 20 heavy (non-hydrogen) atoms. The Balaban J connectivity index is 1.82. The van der Waals surface area contributed by atoms with Crippen LogP contribution >= 0.6 is 0 Å². The first-order valence-corrected chi connectivity index (χ1v) is 8.01. The Kier molecular flexibility index (Phi) is 5.77. The highest BCUT2D eigenvalue weighted by atomic mass is 16.1. The standard InChI is InChI=1S/C16H27N3O/c1-3-14-10-15(19(4-2)18-14)11-16(20)8-7-13-6-5-9-17-12-13/h10,13,17H,3-9,11-12H2,1-2H3. The highest BCUT2D eigenvalue weighted by Crippen LogP contribution is 2.17. The molecule has 0 aliphatic carbocycles. The molecule has 0 radical (unpaired) electrons. The predicted octanol–water partition coefficient (Wildman–Crippen LogP) is 2.36. The van der Waals surface area contributed by atoms with E-state index < -0.39 is 0 Å². The maximum Gasteiger partial charge on any atom is 0.138 e. The van der Waals surface area contributed by atoms with Gasteiger partial charge < -0.3 is 5.32 Å². The lowest BCUT2D eigenvalue weighted by Gasteiger charge is -2.22. The van der Waals surface area contributed by atoms with Crippen LogP contribution in [0.15, 0.2) is 6.07 Å². The van der Waals surface area contributed by atoms with E-state index >= 15 is 0 Å². The molecule has 1 aromatic rings. The molecule has 4 heteroatoms. The number of hydrogen-bond acceptors (Lipinski definition) is 3. The number of hydrogen-bond donors (Lipinski definition) is 1. The Morgan fingerprint density at radius 2 is 2.35 bits per heavy atom. The number of piperidine rings is 1. The van der Waals surface area contributed by atoms with Gasteiger partial charge in [0, 0.05) is 25.1 Å². The van der Waals surface area contributed by atoms with E-state index in [1.165, 1.54) is 12.8 Å². The number of Topliss-reactive ketones (excluding diaryl/α,β-unsaturated/α-hetero) is 1. The number of aryl methyl sites for hydroxylation is 2. The lowest BCUT2D eigenvalue weighted by molar-refractivity contribution is -0.118. The van der Waals surface area contributed by atoms with E-state index in [-0.39, 0.29) is 0 Å². The van der Waals surface area contributed by atoms with Gasteiger partial charge in [-0.25, -0.2) is 0 Å². The van der Waals surface area contributed by atoms with Crippen molar-refractivity contribution in [1.29, 1.82) is 0 Å².